The molecule has 4 nitrogen and oxygen atoms in total. The molecule has 0 radical (unpaired) electrons. The number of phenols is 1. The van der Waals surface area contributed by atoms with Crippen molar-refractivity contribution in [3.63, 3.8) is 0 Å². The van der Waals surface area contributed by atoms with E-state index in [1.807, 2.05) is 13.0 Å². The minimum Gasteiger partial charge on any atom is -0.507 e. The molecule has 118 valence electrons. The third-order valence-corrected chi connectivity index (χ3v) is 3.57. The number of hydrogen-bond acceptors (Lipinski definition) is 4. The van der Waals surface area contributed by atoms with Crippen molar-refractivity contribution in [3.05, 3.63) is 58.7 Å². The smallest absolute Gasteiger partial charge is 0.163 e. The van der Waals surface area contributed by atoms with Crippen LogP contribution in [0.15, 0.2) is 36.4 Å². The Morgan fingerprint density at radius 1 is 1.30 bits per heavy atom. The highest BCUT2D eigenvalue weighted by Crippen LogP contribution is 2.33. The number of phenolic OH excluding ortho intramolecular Hbond substituents is 1. The fraction of sp³-hybridized carbons (Fsp3) is 0.263. The highest BCUT2D eigenvalue weighted by atomic mass is 16.5. The van der Waals surface area contributed by atoms with Crippen molar-refractivity contribution < 1.29 is 14.6 Å². The average molecular weight is 309 g/mol. The molecule has 0 aromatic heterocycles. The number of benzene rings is 2. The molecule has 2 aromatic carbocycles. The van der Waals surface area contributed by atoms with E-state index in [2.05, 4.69) is 6.07 Å². The summed E-state index contributed by atoms with van der Waals surface area (Å²) in [5.41, 5.74) is 2.42. The Morgan fingerprint density at radius 2 is 2.09 bits per heavy atom. The van der Waals surface area contributed by atoms with Crippen molar-refractivity contribution in [2.24, 2.45) is 0 Å². The lowest BCUT2D eigenvalue weighted by Crippen LogP contribution is -2.02. The summed E-state index contributed by atoms with van der Waals surface area (Å²) >= 11 is 0. The topological polar surface area (TPSA) is 70.3 Å². The summed E-state index contributed by atoms with van der Waals surface area (Å²) in [6.45, 7) is 3.73. The first-order chi connectivity index (χ1) is 11.1. The summed E-state index contributed by atoms with van der Waals surface area (Å²) in [6, 6.07) is 12.6. The summed E-state index contributed by atoms with van der Waals surface area (Å²) in [4.78, 5) is 11.6. The number of ketones is 1. The number of carbonyl (C=O) groups is 1. The van der Waals surface area contributed by atoms with Crippen LogP contribution in [0.3, 0.4) is 0 Å². The number of rotatable bonds is 6. The van der Waals surface area contributed by atoms with Gasteiger partial charge in [-0.25, -0.2) is 0 Å². The molecule has 0 bridgehead atoms. The lowest BCUT2D eigenvalue weighted by atomic mass is 10.0. The Balaban J connectivity index is 2.27. The third kappa shape index (κ3) is 3.89. The predicted octanol–water partition coefficient (Wildman–Crippen LogP) is 4.00. The van der Waals surface area contributed by atoms with Gasteiger partial charge in [-0.2, -0.15) is 5.26 Å². The third-order valence-electron chi connectivity index (χ3n) is 3.57. The van der Waals surface area contributed by atoms with E-state index in [4.69, 9.17) is 10.00 Å². The van der Waals surface area contributed by atoms with Crippen LogP contribution in [0, 0.1) is 11.3 Å². The molecule has 0 unspecified atom stereocenters. The van der Waals surface area contributed by atoms with Crippen LogP contribution in [-0.2, 0) is 13.0 Å². The van der Waals surface area contributed by atoms with E-state index < -0.39 is 0 Å². The Labute approximate surface area is 136 Å². The molecular formula is C19H19NO3. The Morgan fingerprint density at radius 3 is 2.74 bits per heavy atom. The van der Waals surface area contributed by atoms with Gasteiger partial charge in [-0.1, -0.05) is 25.5 Å². The predicted molar refractivity (Wildman–Crippen MR) is 87.6 cm³/mol. The number of aromatic hydroxyl groups is 1. The maximum absolute atomic E-state index is 11.6. The van der Waals surface area contributed by atoms with Gasteiger partial charge >= 0.3 is 0 Å². The lowest BCUT2D eigenvalue weighted by molar-refractivity contribution is 0.101. The standard InChI is InChI=1S/C19H19NO3/c1-3-5-17-18(9-8-16(13(2)21)19(17)22)23-12-15-7-4-6-14(10-15)11-20/h4,6-10,22H,3,5,12H2,1-2H3. The summed E-state index contributed by atoms with van der Waals surface area (Å²) in [6.07, 6.45) is 1.45. The maximum Gasteiger partial charge on any atom is 0.163 e. The van der Waals surface area contributed by atoms with Crippen LogP contribution in [0.4, 0.5) is 0 Å². The van der Waals surface area contributed by atoms with Crippen molar-refractivity contribution in [2.45, 2.75) is 33.3 Å². The number of ether oxygens (including phenoxy) is 1. The minimum absolute atomic E-state index is 0.00243. The zero-order chi connectivity index (χ0) is 16.8. The molecule has 0 heterocycles. The van der Waals surface area contributed by atoms with Crippen molar-refractivity contribution in [1.82, 2.24) is 0 Å². The molecule has 2 aromatic rings. The van der Waals surface area contributed by atoms with E-state index in [0.29, 0.717) is 35.5 Å². The molecule has 1 N–H and O–H groups in total. The highest BCUT2D eigenvalue weighted by Gasteiger charge is 2.15. The number of hydrogen-bond donors (Lipinski definition) is 1. The second kappa shape index (κ2) is 7.46. The molecule has 0 aliphatic heterocycles. The van der Waals surface area contributed by atoms with E-state index in [1.165, 1.54) is 6.92 Å². The van der Waals surface area contributed by atoms with E-state index in [9.17, 15) is 9.90 Å². The Kier molecular flexibility index (Phi) is 5.37. The second-order valence-electron chi connectivity index (χ2n) is 5.35. The molecule has 0 aliphatic rings. The number of nitriles is 1. The Hall–Kier alpha value is -2.80. The summed E-state index contributed by atoms with van der Waals surface area (Å²) in [7, 11) is 0. The van der Waals surface area contributed by atoms with Gasteiger partial charge in [0.25, 0.3) is 0 Å². The first-order valence-corrected chi connectivity index (χ1v) is 7.54. The van der Waals surface area contributed by atoms with Crippen molar-refractivity contribution in [1.29, 1.82) is 5.26 Å². The molecule has 0 fully saturated rings. The monoisotopic (exact) mass is 309 g/mol. The highest BCUT2D eigenvalue weighted by molar-refractivity contribution is 5.97. The van der Waals surface area contributed by atoms with Gasteiger partial charge in [0.1, 0.15) is 18.1 Å². The normalized spacial score (nSPS) is 10.1. The average Bonchev–Trinajstić information content (AvgIpc) is 2.55. The van der Waals surface area contributed by atoms with Crippen LogP contribution in [0.25, 0.3) is 0 Å². The zero-order valence-electron chi connectivity index (χ0n) is 13.3. The van der Waals surface area contributed by atoms with Crippen molar-refractivity contribution in [3.8, 4) is 17.6 Å². The van der Waals surface area contributed by atoms with Crippen LogP contribution >= 0.6 is 0 Å². The molecule has 0 saturated carbocycles. The fourth-order valence-corrected chi connectivity index (χ4v) is 2.42. The SMILES string of the molecule is CCCc1c(OCc2cccc(C#N)c2)ccc(C(C)=O)c1O. The van der Waals surface area contributed by atoms with E-state index in [-0.39, 0.29) is 11.5 Å². The van der Waals surface area contributed by atoms with E-state index in [0.717, 1.165) is 12.0 Å². The van der Waals surface area contributed by atoms with Gasteiger partial charge in [0.15, 0.2) is 5.78 Å². The quantitative estimate of drug-likeness (QED) is 0.819. The molecular weight excluding hydrogens is 290 g/mol. The summed E-state index contributed by atoms with van der Waals surface area (Å²) < 4.78 is 5.81. The maximum atomic E-state index is 11.6. The van der Waals surface area contributed by atoms with Crippen LogP contribution in [0.2, 0.25) is 0 Å². The molecule has 0 spiro atoms. The molecule has 0 aliphatic carbocycles. The van der Waals surface area contributed by atoms with Crippen molar-refractivity contribution in [2.75, 3.05) is 0 Å². The summed E-state index contributed by atoms with van der Waals surface area (Å²) in [5.74, 6) is 0.396. The van der Waals surface area contributed by atoms with E-state index in [1.54, 1.807) is 30.3 Å². The number of carbonyl (C=O) groups excluding carboxylic acids is 1. The van der Waals surface area contributed by atoms with Gasteiger partial charge in [-0.15, -0.1) is 0 Å². The van der Waals surface area contributed by atoms with Gasteiger partial charge in [0.05, 0.1) is 17.2 Å². The molecule has 0 saturated heterocycles. The fourth-order valence-electron chi connectivity index (χ4n) is 2.42. The molecule has 4 heteroatoms. The summed E-state index contributed by atoms with van der Waals surface area (Å²) in [5, 5.41) is 19.2. The van der Waals surface area contributed by atoms with Gasteiger partial charge in [-0.05, 0) is 43.2 Å². The molecule has 2 rings (SSSR count). The second-order valence-corrected chi connectivity index (χ2v) is 5.35. The van der Waals surface area contributed by atoms with Crippen LogP contribution in [-0.4, -0.2) is 10.9 Å². The van der Waals surface area contributed by atoms with Crippen LogP contribution in [0.1, 0.15) is 47.3 Å². The lowest BCUT2D eigenvalue weighted by Gasteiger charge is -2.14. The van der Waals surface area contributed by atoms with Gasteiger partial charge in [0.2, 0.25) is 0 Å². The largest absolute Gasteiger partial charge is 0.507 e. The van der Waals surface area contributed by atoms with Gasteiger partial charge < -0.3 is 9.84 Å². The molecule has 0 amide bonds. The van der Waals surface area contributed by atoms with E-state index >= 15 is 0 Å². The first-order valence-electron chi connectivity index (χ1n) is 7.54. The van der Waals surface area contributed by atoms with Gasteiger partial charge in [0, 0.05) is 5.56 Å². The van der Waals surface area contributed by atoms with Crippen LogP contribution in [0.5, 0.6) is 11.5 Å². The molecule has 23 heavy (non-hydrogen) atoms. The van der Waals surface area contributed by atoms with Crippen molar-refractivity contribution >= 4 is 5.78 Å². The zero-order valence-corrected chi connectivity index (χ0v) is 13.3. The minimum atomic E-state index is -0.173. The van der Waals surface area contributed by atoms with Crippen LogP contribution < -0.4 is 4.74 Å². The first kappa shape index (κ1) is 16.6. The molecule has 0 atom stereocenters. The van der Waals surface area contributed by atoms with Gasteiger partial charge in [-0.3, -0.25) is 4.79 Å². The number of Topliss-reactive ketones (excluding diaryl/α,β-unsaturated/α-hetero) is 1. The Bertz CT molecular complexity index is 760. The number of nitrogens with zero attached hydrogens (tertiary/aromatic N) is 1.